The van der Waals surface area contributed by atoms with Gasteiger partial charge >= 0.3 is 6.01 Å². The van der Waals surface area contributed by atoms with Gasteiger partial charge in [0.1, 0.15) is 17.9 Å². The predicted molar refractivity (Wildman–Crippen MR) is 106 cm³/mol. The van der Waals surface area contributed by atoms with E-state index in [0.717, 1.165) is 6.26 Å². The van der Waals surface area contributed by atoms with Gasteiger partial charge in [-0.1, -0.05) is 6.92 Å². The van der Waals surface area contributed by atoms with Gasteiger partial charge in [-0.15, -0.1) is 0 Å². The first-order valence-corrected chi connectivity index (χ1v) is 9.44. The van der Waals surface area contributed by atoms with E-state index in [4.69, 9.17) is 10.2 Å². The highest BCUT2D eigenvalue weighted by Gasteiger charge is 2.42. The molecule has 1 atom stereocenters. The lowest BCUT2D eigenvalue weighted by molar-refractivity contribution is -0.0652. The Bertz CT molecular complexity index is 1180. The number of carbonyl (C=O) groups is 2. The first-order valence-electron chi connectivity index (χ1n) is 9.44. The van der Waals surface area contributed by atoms with Crippen LogP contribution >= 0.6 is 0 Å². The van der Waals surface area contributed by atoms with Crippen molar-refractivity contribution >= 4 is 34.5 Å². The number of aromatic nitrogens is 2. The van der Waals surface area contributed by atoms with Crippen molar-refractivity contribution in [1.29, 1.82) is 0 Å². The molecule has 31 heavy (non-hydrogen) atoms. The second-order valence-corrected chi connectivity index (χ2v) is 7.41. The summed E-state index contributed by atoms with van der Waals surface area (Å²) >= 11 is 0. The molecule has 1 aliphatic heterocycles. The number of piperidine rings is 1. The van der Waals surface area contributed by atoms with E-state index < -0.39 is 29.5 Å². The molecule has 1 unspecified atom stereocenters. The number of alkyl halides is 2. The van der Waals surface area contributed by atoms with Gasteiger partial charge in [-0.05, 0) is 24.3 Å². The van der Waals surface area contributed by atoms with Gasteiger partial charge < -0.3 is 15.1 Å². The van der Waals surface area contributed by atoms with Crippen LogP contribution in [0.15, 0.2) is 34.9 Å². The van der Waals surface area contributed by atoms with Gasteiger partial charge in [-0.25, -0.2) is 18.2 Å². The summed E-state index contributed by atoms with van der Waals surface area (Å²) in [5.41, 5.74) is 5.37. The van der Waals surface area contributed by atoms with Crippen molar-refractivity contribution in [2.24, 2.45) is 11.7 Å². The number of primary amides is 1. The number of rotatable bonds is 4. The van der Waals surface area contributed by atoms with Crippen molar-refractivity contribution in [2.45, 2.75) is 19.3 Å². The Hall–Kier alpha value is -3.63. The monoisotopic (exact) mass is 433 g/mol. The van der Waals surface area contributed by atoms with Gasteiger partial charge in [0.2, 0.25) is 0 Å². The summed E-state index contributed by atoms with van der Waals surface area (Å²) in [6.45, 7) is 1.40. The van der Waals surface area contributed by atoms with Crippen LogP contribution in [-0.2, 0) is 0 Å². The molecule has 2 aromatic heterocycles. The van der Waals surface area contributed by atoms with Crippen LogP contribution in [0.25, 0.3) is 10.9 Å². The number of benzene rings is 1. The average Bonchev–Trinajstić information content (AvgIpc) is 3.18. The van der Waals surface area contributed by atoms with Crippen molar-refractivity contribution in [3.05, 3.63) is 47.6 Å². The minimum absolute atomic E-state index is 0.0118. The van der Waals surface area contributed by atoms with Crippen LogP contribution in [0.3, 0.4) is 0 Å². The maximum atomic E-state index is 14.0. The molecule has 2 amide bonds. The summed E-state index contributed by atoms with van der Waals surface area (Å²) in [7, 11) is 0. The molecule has 162 valence electrons. The lowest BCUT2D eigenvalue weighted by Gasteiger charge is -2.38. The number of hydrogen-bond donors (Lipinski definition) is 2. The Morgan fingerprint density at radius 2 is 2.06 bits per heavy atom. The first-order chi connectivity index (χ1) is 14.6. The quantitative estimate of drug-likeness (QED) is 0.653. The first kappa shape index (κ1) is 20.6. The van der Waals surface area contributed by atoms with E-state index in [1.807, 2.05) is 0 Å². The van der Waals surface area contributed by atoms with E-state index >= 15 is 0 Å². The smallest absolute Gasteiger partial charge is 0.302 e. The molecule has 1 fully saturated rings. The van der Waals surface area contributed by atoms with Gasteiger partial charge in [0.05, 0.1) is 11.1 Å². The van der Waals surface area contributed by atoms with Gasteiger partial charge in [-0.3, -0.25) is 14.9 Å². The van der Waals surface area contributed by atoms with Crippen molar-refractivity contribution in [3.8, 4) is 0 Å². The van der Waals surface area contributed by atoms with Crippen molar-refractivity contribution in [3.63, 3.8) is 0 Å². The highest BCUT2D eigenvalue weighted by molar-refractivity contribution is 6.09. The molecular formula is C20H18F3N5O3. The molecule has 3 heterocycles. The number of pyridine rings is 1. The molecule has 3 N–H and O–H groups in total. The Morgan fingerprint density at radius 3 is 2.74 bits per heavy atom. The summed E-state index contributed by atoms with van der Waals surface area (Å²) in [4.78, 5) is 33.9. The van der Waals surface area contributed by atoms with Crippen LogP contribution in [0.1, 0.15) is 34.2 Å². The Kier molecular flexibility index (Phi) is 5.03. The number of halogens is 3. The van der Waals surface area contributed by atoms with Crippen molar-refractivity contribution in [2.75, 3.05) is 23.3 Å². The van der Waals surface area contributed by atoms with Crippen LogP contribution in [0, 0.1) is 11.7 Å². The molecule has 3 aromatic rings. The third-order valence-electron chi connectivity index (χ3n) is 5.21. The SMILES string of the molecule is CC1CN(c2nc3ccc(F)cc3cc2C(=O)Nc2nc(C(N)=O)co2)CCC1(F)F. The summed E-state index contributed by atoms with van der Waals surface area (Å²) in [5.74, 6) is -5.65. The Labute approximate surface area is 174 Å². The molecule has 11 heteroatoms. The molecule has 0 radical (unpaired) electrons. The summed E-state index contributed by atoms with van der Waals surface area (Å²) in [5, 5.41) is 2.74. The third-order valence-corrected chi connectivity index (χ3v) is 5.21. The second-order valence-electron chi connectivity index (χ2n) is 7.41. The van der Waals surface area contributed by atoms with E-state index in [9.17, 15) is 22.8 Å². The van der Waals surface area contributed by atoms with Crippen LogP contribution in [0.4, 0.5) is 25.0 Å². The molecule has 0 aliphatic carbocycles. The standard InChI is InChI=1S/C20H18F3N5O3/c1-10-8-28(5-4-20(10,22)23)17-13(7-11-6-12(21)2-3-14(11)25-17)18(30)27-19-26-15(9-31-19)16(24)29/h2-3,6-7,9-10H,4-5,8H2,1H3,(H2,24,29)(H,26,27,30). The van der Waals surface area contributed by atoms with E-state index in [0.29, 0.717) is 10.9 Å². The maximum absolute atomic E-state index is 14.0. The maximum Gasteiger partial charge on any atom is 0.302 e. The highest BCUT2D eigenvalue weighted by Crippen LogP contribution is 2.36. The summed E-state index contributed by atoms with van der Waals surface area (Å²) < 4.78 is 46.7. The zero-order valence-electron chi connectivity index (χ0n) is 16.4. The number of anilines is 2. The Balaban J connectivity index is 1.73. The normalized spacial score (nSPS) is 18.2. The van der Waals surface area contributed by atoms with Crippen LogP contribution in [0.2, 0.25) is 0 Å². The predicted octanol–water partition coefficient (Wildman–Crippen LogP) is 3.19. The number of nitrogens with two attached hydrogens (primary N) is 1. The number of nitrogens with one attached hydrogen (secondary N) is 1. The van der Waals surface area contributed by atoms with E-state index in [1.54, 1.807) is 4.90 Å². The fraction of sp³-hybridized carbons (Fsp3) is 0.300. The molecule has 1 aromatic carbocycles. The lowest BCUT2D eigenvalue weighted by Crippen LogP contribution is -2.46. The Morgan fingerprint density at radius 1 is 1.29 bits per heavy atom. The minimum Gasteiger partial charge on any atom is -0.431 e. The van der Waals surface area contributed by atoms with Gasteiger partial charge in [-0.2, -0.15) is 4.98 Å². The topological polar surface area (TPSA) is 114 Å². The van der Waals surface area contributed by atoms with Gasteiger partial charge in [0.15, 0.2) is 5.69 Å². The number of amides is 2. The molecule has 0 saturated carbocycles. The fourth-order valence-corrected chi connectivity index (χ4v) is 3.43. The fourth-order valence-electron chi connectivity index (χ4n) is 3.43. The zero-order chi connectivity index (χ0) is 22.3. The van der Waals surface area contributed by atoms with Gasteiger partial charge in [0.25, 0.3) is 17.7 Å². The molecule has 1 aliphatic rings. The number of oxazole rings is 1. The lowest BCUT2D eigenvalue weighted by atomic mass is 9.95. The van der Waals surface area contributed by atoms with Crippen LogP contribution < -0.4 is 16.0 Å². The summed E-state index contributed by atoms with van der Waals surface area (Å²) in [6.07, 6.45) is 0.599. The van der Waals surface area contributed by atoms with Crippen molar-refractivity contribution in [1.82, 2.24) is 9.97 Å². The molecule has 8 nitrogen and oxygen atoms in total. The molecule has 4 rings (SSSR count). The largest absolute Gasteiger partial charge is 0.431 e. The van der Waals surface area contributed by atoms with E-state index in [2.05, 4.69) is 15.3 Å². The number of fused-ring (bicyclic) bond motifs is 1. The number of nitrogens with zero attached hydrogens (tertiary/aromatic N) is 3. The molecule has 0 spiro atoms. The zero-order valence-corrected chi connectivity index (χ0v) is 16.4. The molecule has 0 bridgehead atoms. The number of carbonyl (C=O) groups excluding carboxylic acids is 2. The van der Waals surface area contributed by atoms with Crippen LogP contribution in [0.5, 0.6) is 0 Å². The van der Waals surface area contributed by atoms with E-state index in [-0.39, 0.29) is 42.6 Å². The average molecular weight is 433 g/mol. The second kappa shape index (κ2) is 7.56. The van der Waals surface area contributed by atoms with Crippen molar-refractivity contribution < 1.29 is 27.2 Å². The van der Waals surface area contributed by atoms with Crippen LogP contribution in [-0.4, -0.2) is 40.8 Å². The summed E-state index contributed by atoms with van der Waals surface area (Å²) in [6, 6.07) is 5.04. The third kappa shape index (κ3) is 4.03. The van der Waals surface area contributed by atoms with Gasteiger partial charge in [0, 0.05) is 30.8 Å². The number of hydrogen-bond acceptors (Lipinski definition) is 6. The highest BCUT2D eigenvalue weighted by atomic mass is 19.3. The van der Waals surface area contributed by atoms with E-state index in [1.165, 1.54) is 31.2 Å². The molecular weight excluding hydrogens is 415 g/mol. The molecule has 1 saturated heterocycles. The minimum atomic E-state index is -2.82.